The molecule has 250 valence electrons. The summed E-state index contributed by atoms with van der Waals surface area (Å²) in [7, 11) is 0. The molecule has 0 bridgehead atoms. The molecule has 4 aromatic rings. The first-order valence-corrected chi connectivity index (χ1v) is 16.4. The van der Waals surface area contributed by atoms with Crippen molar-refractivity contribution in [2.45, 2.75) is 43.4 Å². The Balaban J connectivity index is 1.37. The quantitative estimate of drug-likeness (QED) is 0.155. The molecule has 2 aromatic carbocycles. The highest BCUT2D eigenvalue weighted by Crippen LogP contribution is 2.49. The van der Waals surface area contributed by atoms with Crippen LogP contribution in [0.5, 0.6) is 11.8 Å². The van der Waals surface area contributed by atoms with Gasteiger partial charge in [0, 0.05) is 43.0 Å². The number of anilines is 2. The van der Waals surface area contributed by atoms with Gasteiger partial charge in [0.1, 0.15) is 46.8 Å². The SMILES string of the molecule is C=C(F)C(=O)N1CCC(Nc2nc(OC[C@@]34CCCN3C[C@H](F)C4)nc3c(F)c(-c4ccc(F)c5sc(N)c(C#N)c45)c(Cl)c(O)c23)C1. The van der Waals surface area contributed by atoms with E-state index < -0.39 is 57.4 Å². The lowest BCUT2D eigenvalue weighted by atomic mass is 9.95. The number of nitrogens with zero attached hydrogens (tertiary/aromatic N) is 5. The van der Waals surface area contributed by atoms with Crippen LogP contribution in [0.1, 0.15) is 31.2 Å². The fourth-order valence-corrected chi connectivity index (χ4v) is 8.48. The summed E-state index contributed by atoms with van der Waals surface area (Å²) in [6.45, 7) is 4.34. The van der Waals surface area contributed by atoms with E-state index in [0.29, 0.717) is 19.4 Å². The van der Waals surface area contributed by atoms with Crippen molar-refractivity contribution in [2.75, 3.05) is 43.8 Å². The second kappa shape index (κ2) is 11.9. The number of hydrogen-bond acceptors (Lipinski definition) is 10. The van der Waals surface area contributed by atoms with Gasteiger partial charge in [-0.15, -0.1) is 11.3 Å². The smallest absolute Gasteiger partial charge is 0.319 e. The van der Waals surface area contributed by atoms with E-state index in [1.165, 1.54) is 11.0 Å². The highest BCUT2D eigenvalue weighted by Gasteiger charge is 2.49. The lowest BCUT2D eigenvalue weighted by Crippen LogP contribution is -2.43. The van der Waals surface area contributed by atoms with Crippen molar-refractivity contribution in [3.8, 4) is 29.0 Å². The predicted molar refractivity (Wildman–Crippen MR) is 173 cm³/mol. The molecule has 4 N–H and O–H groups in total. The maximum Gasteiger partial charge on any atom is 0.319 e. The molecule has 1 unspecified atom stereocenters. The third kappa shape index (κ3) is 5.13. The molecule has 16 heteroatoms. The van der Waals surface area contributed by atoms with Gasteiger partial charge in [-0.05, 0) is 37.4 Å². The van der Waals surface area contributed by atoms with Crippen LogP contribution in [-0.4, -0.2) is 81.3 Å². The monoisotopic (exact) mass is 701 g/mol. The number of fused-ring (bicyclic) bond motifs is 3. The van der Waals surface area contributed by atoms with E-state index in [2.05, 4.69) is 21.9 Å². The second-order valence-corrected chi connectivity index (χ2v) is 13.8. The molecule has 0 radical (unpaired) electrons. The number of phenolic OH excluding ortho intramolecular Hbond substituents is 1. The second-order valence-electron chi connectivity index (χ2n) is 12.3. The van der Waals surface area contributed by atoms with Crippen LogP contribution >= 0.6 is 22.9 Å². The Hall–Kier alpha value is -4.39. The van der Waals surface area contributed by atoms with Crippen molar-refractivity contribution in [1.29, 1.82) is 5.26 Å². The molecule has 0 aliphatic carbocycles. The van der Waals surface area contributed by atoms with Crippen LogP contribution in [0.15, 0.2) is 24.5 Å². The summed E-state index contributed by atoms with van der Waals surface area (Å²) in [5, 5.41) is 23.8. The van der Waals surface area contributed by atoms with Crippen molar-refractivity contribution in [2.24, 2.45) is 0 Å². The summed E-state index contributed by atoms with van der Waals surface area (Å²) >= 11 is 7.47. The van der Waals surface area contributed by atoms with Crippen LogP contribution < -0.4 is 15.8 Å². The van der Waals surface area contributed by atoms with Gasteiger partial charge in [0.2, 0.25) is 0 Å². The number of ether oxygens (including phenoxy) is 1. The number of thiophene rings is 1. The van der Waals surface area contributed by atoms with Gasteiger partial charge in [-0.25, -0.2) is 17.6 Å². The third-order valence-corrected chi connectivity index (χ3v) is 10.9. The first-order chi connectivity index (χ1) is 22.9. The van der Waals surface area contributed by atoms with Crippen LogP contribution in [-0.2, 0) is 4.79 Å². The number of aromatic nitrogens is 2. The Kier molecular flexibility index (Phi) is 8.00. The zero-order valence-electron chi connectivity index (χ0n) is 25.3. The number of benzene rings is 2. The number of carbonyl (C=O) groups is 1. The van der Waals surface area contributed by atoms with E-state index in [1.807, 2.05) is 11.0 Å². The van der Waals surface area contributed by atoms with E-state index in [0.717, 1.165) is 23.8 Å². The van der Waals surface area contributed by atoms with Crippen molar-refractivity contribution in [3.63, 3.8) is 0 Å². The van der Waals surface area contributed by atoms with Gasteiger partial charge in [-0.3, -0.25) is 9.69 Å². The average Bonchev–Trinajstić information content (AvgIpc) is 3.82. The Morgan fingerprint density at radius 2 is 2.08 bits per heavy atom. The number of nitriles is 1. The summed E-state index contributed by atoms with van der Waals surface area (Å²) in [4.78, 5) is 24.3. The fraction of sp³-hybridized carbons (Fsp3) is 0.375. The number of phenols is 1. The topological polar surface area (TPSA) is 141 Å². The van der Waals surface area contributed by atoms with Gasteiger partial charge in [0.05, 0.1) is 26.2 Å². The highest BCUT2D eigenvalue weighted by atomic mass is 35.5. The summed E-state index contributed by atoms with van der Waals surface area (Å²) in [5.74, 6) is -4.36. The van der Waals surface area contributed by atoms with E-state index in [-0.39, 0.29) is 81.7 Å². The first-order valence-electron chi connectivity index (χ1n) is 15.2. The standard InChI is InChI=1S/C32H28ClF4N7O3S/c1-14(34)30(46)43-8-5-16(12-43)40-29-22-25(41-31(42-29)47-13-32-6-2-7-44(32)11-15(35)9-32)24(37)21(23(33)26(22)45)17-3-4-19(36)27-20(17)18(10-38)28(39)48-27/h3-4,15-16,45H,1-2,5-9,11-13,39H2,(H,40,41,42)/t15-,16?,32+/m1/s1. The predicted octanol–water partition coefficient (Wildman–Crippen LogP) is 6.05. The molecule has 3 aliphatic rings. The Morgan fingerprint density at radius 3 is 2.83 bits per heavy atom. The van der Waals surface area contributed by atoms with Crippen molar-refractivity contribution < 1.29 is 32.2 Å². The number of amides is 1. The molecule has 0 saturated carbocycles. The molecule has 1 amide bonds. The number of likely N-dealkylation sites (tertiary alicyclic amines) is 1. The van der Waals surface area contributed by atoms with Crippen LogP contribution in [0.25, 0.3) is 32.1 Å². The number of nitrogens with two attached hydrogens (primary N) is 1. The fourth-order valence-electron chi connectivity index (χ4n) is 7.26. The van der Waals surface area contributed by atoms with Gasteiger partial charge < -0.3 is 25.8 Å². The highest BCUT2D eigenvalue weighted by molar-refractivity contribution is 7.23. The zero-order chi connectivity index (χ0) is 34.1. The third-order valence-electron chi connectivity index (χ3n) is 9.46. The summed E-state index contributed by atoms with van der Waals surface area (Å²) in [5.41, 5.74) is 4.59. The molecular weight excluding hydrogens is 674 g/mol. The Bertz CT molecular complexity index is 2070. The van der Waals surface area contributed by atoms with E-state index >= 15 is 4.39 Å². The minimum atomic E-state index is -1.11. The molecule has 5 heterocycles. The molecule has 2 aromatic heterocycles. The number of rotatable bonds is 7. The van der Waals surface area contributed by atoms with Gasteiger partial charge in [0.25, 0.3) is 5.91 Å². The summed E-state index contributed by atoms with van der Waals surface area (Å²) in [6.07, 6.45) is 1.15. The largest absolute Gasteiger partial charge is 0.506 e. The maximum atomic E-state index is 16.9. The van der Waals surface area contributed by atoms with Gasteiger partial charge in [-0.1, -0.05) is 24.2 Å². The summed E-state index contributed by atoms with van der Waals surface area (Å²) < 4.78 is 65.8. The number of aromatic hydroxyl groups is 1. The molecule has 3 saturated heterocycles. The number of hydrogen-bond donors (Lipinski definition) is 3. The van der Waals surface area contributed by atoms with E-state index in [9.17, 15) is 28.3 Å². The number of halogens is 5. The molecule has 10 nitrogen and oxygen atoms in total. The van der Waals surface area contributed by atoms with Crippen molar-refractivity contribution in [3.05, 3.63) is 46.8 Å². The molecule has 0 spiro atoms. The number of carbonyl (C=O) groups excluding carboxylic acids is 1. The van der Waals surface area contributed by atoms with Crippen LogP contribution in [0.3, 0.4) is 0 Å². The minimum absolute atomic E-state index is 0.00279. The Morgan fingerprint density at radius 1 is 1.29 bits per heavy atom. The molecule has 3 atom stereocenters. The van der Waals surface area contributed by atoms with Crippen molar-refractivity contribution >= 4 is 60.7 Å². The number of nitrogens with one attached hydrogen (secondary N) is 1. The van der Waals surface area contributed by atoms with Crippen LogP contribution in [0, 0.1) is 23.0 Å². The summed E-state index contributed by atoms with van der Waals surface area (Å²) in [6, 6.07) is 3.48. The maximum absolute atomic E-state index is 16.9. The first kappa shape index (κ1) is 32.2. The van der Waals surface area contributed by atoms with Crippen LogP contribution in [0.4, 0.5) is 28.4 Å². The van der Waals surface area contributed by atoms with Gasteiger partial charge >= 0.3 is 6.01 Å². The van der Waals surface area contributed by atoms with Gasteiger partial charge in [-0.2, -0.15) is 15.2 Å². The number of nitrogen functional groups attached to an aromatic ring is 1. The van der Waals surface area contributed by atoms with Crippen molar-refractivity contribution in [1.82, 2.24) is 19.8 Å². The lowest BCUT2D eigenvalue weighted by Gasteiger charge is -2.30. The average molecular weight is 702 g/mol. The lowest BCUT2D eigenvalue weighted by molar-refractivity contribution is -0.127. The molecule has 48 heavy (non-hydrogen) atoms. The zero-order valence-corrected chi connectivity index (χ0v) is 26.8. The number of alkyl halides is 1. The molecule has 3 fully saturated rings. The minimum Gasteiger partial charge on any atom is -0.506 e. The van der Waals surface area contributed by atoms with Crippen LogP contribution in [0.2, 0.25) is 5.02 Å². The van der Waals surface area contributed by atoms with E-state index in [4.69, 9.17) is 22.1 Å². The Labute approximate surface area is 280 Å². The molecular formula is C32H28ClF4N7O3S. The molecule has 7 rings (SSSR count). The molecule has 3 aliphatic heterocycles. The van der Waals surface area contributed by atoms with E-state index in [1.54, 1.807) is 0 Å². The van der Waals surface area contributed by atoms with Gasteiger partial charge in [0.15, 0.2) is 11.6 Å². The normalized spacial score (nSPS) is 22.4.